The van der Waals surface area contributed by atoms with Gasteiger partial charge in [-0.25, -0.2) is 0 Å². The van der Waals surface area contributed by atoms with E-state index < -0.39 is 17.1 Å². The van der Waals surface area contributed by atoms with E-state index in [1.54, 1.807) is 0 Å². The molecule has 0 aromatic heterocycles. The van der Waals surface area contributed by atoms with Crippen LogP contribution in [0.2, 0.25) is 0 Å². The van der Waals surface area contributed by atoms with Gasteiger partial charge >= 0.3 is 5.97 Å². The molecule has 0 amide bonds. The van der Waals surface area contributed by atoms with E-state index in [1.165, 1.54) is 19.1 Å². The van der Waals surface area contributed by atoms with Gasteiger partial charge in [0.2, 0.25) is 4.36 Å². The molecule has 0 N–H and O–H groups in total. The second-order valence-corrected chi connectivity index (χ2v) is 5.42. The average Bonchev–Trinajstić information content (AvgIpc) is 2.13. The normalized spacial score (nSPS) is 13.3. The largest absolute Gasteiger partial charge is 0.611 e. The fourth-order valence-corrected chi connectivity index (χ4v) is 1.86. The third-order valence-electron chi connectivity index (χ3n) is 1.14. The lowest BCUT2D eigenvalue weighted by atomic mass is 10.7. The van der Waals surface area contributed by atoms with Crippen molar-refractivity contribution >= 4 is 51.9 Å². The summed E-state index contributed by atoms with van der Waals surface area (Å²) in [6.45, 7) is 1.27. The molecule has 0 bridgehead atoms. The quantitative estimate of drug-likeness (QED) is 0.578. The lowest BCUT2D eigenvalue weighted by Gasteiger charge is -2.06. The second-order valence-electron chi connectivity index (χ2n) is 2.32. The first-order valence-electron chi connectivity index (χ1n) is 3.82. The highest BCUT2D eigenvalue weighted by molar-refractivity contribution is 7.96. The lowest BCUT2D eigenvalue weighted by Crippen LogP contribution is -2.06. The van der Waals surface area contributed by atoms with E-state index in [4.69, 9.17) is 34.8 Å². The Morgan fingerprint density at radius 3 is 2.47 bits per heavy atom. The van der Waals surface area contributed by atoms with Crippen LogP contribution in [0, 0.1) is 0 Å². The summed E-state index contributed by atoms with van der Waals surface area (Å²) < 4.78 is 16.1. The first kappa shape index (κ1) is 15.1. The Balaban J connectivity index is 4.01. The second kappa shape index (κ2) is 8.30. The molecule has 0 aromatic rings. The number of rotatable bonds is 5. The summed E-state index contributed by atoms with van der Waals surface area (Å²) in [4.78, 5) is 10.4. The van der Waals surface area contributed by atoms with Crippen LogP contribution in [0.4, 0.5) is 0 Å². The van der Waals surface area contributed by atoms with Crippen molar-refractivity contribution in [3.8, 4) is 0 Å². The number of carbonyl (C=O) groups is 1. The molecule has 0 aromatic carbocycles. The minimum absolute atomic E-state index is 0.00176. The van der Waals surface area contributed by atoms with E-state index in [-0.39, 0.29) is 21.2 Å². The highest BCUT2D eigenvalue weighted by Crippen LogP contribution is 2.15. The van der Waals surface area contributed by atoms with Crippen LogP contribution in [0.3, 0.4) is 0 Å². The molecule has 0 aliphatic rings. The molecule has 0 rings (SSSR count). The molecule has 0 aliphatic heterocycles. The van der Waals surface area contributed by atoms with E-state index in [0.29, 0.717) is 0 Å². The summed E-state index contributed by atoms with van der Waals surface area (Å²) in [5.41, 5.74) is 0. The summed E-state index contributed by atoms with van der Waals surface area (Å²) in [5.74, 6) is -0.303. The number of ether oxygens (including phenoxy) is 1. The zero-order chi connectivity index (χ0) is 11.8. The number of esters is 1. The molecule has 0 radical (unpaired) electrons. The molecule has 0 fully saturated rings. The molecule has 7 heteroatoms. The summed E-state index contributed by atoms with van der Waals surface area (Å²) in [6.07, 6.45) is 2.73. The molecule has 0 heterocycles. The maximum absolute atomic E-state index is 11.3. The fraction of sp³-hybridized carbons (Fsp3) is 0.375. The Morgan fingerprint density at radius 1 is 1.40 bits per heavy atom. The van der Waals surface area contributed by atoms with Gasteiger partial charge in [0.25, 0.3) is 0 Å². The van der Waals surface area contributed by atoms with Crippen molar-refractivity contribution in [2.75, 3.05) is 12.4 Å². The van der Waals surface area contributed by atoms with Crippen molar-refractivity contribution in [2.24, 2.45) is 0 Å². The smallest absolute Gasteiger partial charge is 0.302 e. The third kappa shape index (κ3) is 9.08. The summed E-state index contributed by atoms with van der Waals surface area (Å²) >= 11 is 14.9. The number of hydrogen-bond acceptors (Lipinski definition) is 3. The van der Waals surface area contributed by atoms with Crippen molar-refractivity contribution in [3.05, 3.63) is 21.0 Å². The minimum Gasteiger partial charge on any atom is -0.611 e. The first-order chi connectivity index (χ1) is 6.93. The maximum atomic E-state index is 11.3. The van der Waals surface area contributed by atoms with Gasteiger partial charge in [-0.05, 0) is 17.7 Å². The van der Waals surface area contributed by atoms with Gasteiger partial charge in [0.15, 0.2) is 0 Å². The van der Waals surface area contributed by atoms with E-state index in [2.05, 4.69) is 4.74 Å². The number of halogens is 3. The molecule has 0 aliphatic carbocycles. The van der Waals surface area contributed by atoms with Gasteiger partial charge in [-0.1, -0.05) is 23.2 Å². The van der Waals surface area contributed by atoms with Crippen LogP contribution in [0.5, 0.6) is 0 Å². The predicted molar refractivity (Wildman–Crippen MR) is 63.4 cm³/mol. The van der Waals surface area contributed by atoms with Crippen LogP contribution < -0.4 is 0 Å². The Kier molecular flexibility index (Phi) is 8.37. The highest BCUT2D eigenvalue weighted by atomic mass is 35.5. The monoisotopic (exact) mass is 290 g/mol. The van der Waals surface area contributed by atoms with Gasteiger partial charge in [-0.3, -0.25) is 4.79 Å². The van der Waals surface area contributed by atoms with Crippen molar-refractivity contribution in [3.63, 3.8) is 0 Å². The predicted octanol–water partition coefficient (Wildman–Crippen LogP) is 2.70. The molecule has 0 spiro atoms. The molecule has 1 unspecified atom stereocenters. The van der Waals surface area contributed by atoms with Gasteiger partial charge in [0.05, 0.1) is 0 Å². The highest BCUT2D eigenvalue weighted by Gasteiger charge is 2.10. The molecule has 0 saturated heterocycles. The zero-order valence-corrected chi connectivity index (χ0v) is 10.9. The summed E-state index contributed by atoms with van der Waals surface area (Å²) in [6, 6.07) is 0. The van der Waals surface area contributed by atoms with Crippen molar-refractivity contribution in [1.29, 1.82) is 0 Å². The molecule has 86 valence electrons. The molecular weight excluding hydrogens is 283 g/mol. The topological polar surface area (TPSA) is 49.4 Å². The van der Waals surface area contributed by atoms with Crippen LogP contribution in [0.25, 0.3) is 0 Å². The van der Waals surface area contributed by atoms with Crippen LogP contribution in [-0.2, 0) is 20.7 Å². The SMILES string of the molecule is CC(=O)OC/C=C(/Cl)[S+]([O-])CC=C(Cl)Cl. The first-order valence-corrected chi connectivity index (χ1v) is 6.27. The van der Waals surface area contributed by atoms with Crippen LogP contribution >= 0.6 is 34.8 Å². The number of hydrogen-bond donors (Lipinski definition) is 0. The molecule has 15 heavy (non-hydrogen) atoms. The molecule has 0 saturated carbocycles. The van der Waals surface area contributed by atoms with Gasteiger partial charge < -0.3 is 9.29 Å². The lowest BCUT2D eigenvalue weighted by molar-refractivity contribution is -0.139. The van der Waals surface area contributed by atoms with Gasteiger partial charge in [-0.2, -0.15) is 0 Å². The Labute approximate surface area is 106 Å². The maximum Gasteiger partial charge on any atom is 0.302 e. The summed E-state index contributed by atoms with van der Waals surface area (Å²) in [5, 5.41) is 0. The third-order valence-corrected chi connectivity index (χ3v) is 3.19. The van der Waals surface area contributed by atoms with Crippen molar-refractivity contribution in [2.45, 2.75) is 6.92 Å². The van der Waals surface area contributed by atoms with Crippen molar-refractivity contribution in [1.82, 2.24) is 0 Å². The standard InChI is InChI=1S/C8H9Cl3O3S/c1-6(12)14-4-2-8(11)15(13)5-3-7(9)10/h2-3H,4-5H2,1H3/b8-2-. The Bertz CT molecular complexity index is 274. The fourth-order valence-electron chi connectivity index (χ4n) is 0.536. The summed E-state index contributed by atoms with van der Waals surface area (Å²) in [7, 11) is 0. The molecule has 3 nitrogen and oxygen atoms in total. The molecular formula is C8H9Cl3O3S. The average molecular weight is 292 g/mol. The number of carbonyl (C=O) groups excluding carboxylic acids is 1. The molecule has 1 atom stereocenters. The van der Waals surface area contributed by atoms with Crippen LogP contribution in [0.15, 0.2) is 21.0 Å². The van der Waals surface area contributed by atoms with Crippen molar-refractivity contribution < 1.29 is 14.1 Å². The van der Waals surface area contributed by atoms with Crippen LogP contribution in [0.1, 0.15) is 6.92 Å². The zero-order valence-electron chi connectivity index (χ0n) is 7.84. The van der Waals surface area contributed by atoms with Gasteiger partial charge in [0.1, 0.15) is 16.9 Å². The van der Waals surface area contributed by atoms with Gasteiger partial charge in [0, 0.05) is 24.2 Å². The van der Waals surface area contributed by atoms with Gasteiger partial charge in [-0.15, -0.1) is 0 Å². The van der Waals surface area contributed by atoms with E-state index in [0.717, 1.165) is 0 Å². The van der Waals surface area contributed by atoms with E-state index in [1.807, 2.05) is 0 Å². The van der Waals surface area contributed by atoms with E-state index >= 15 is 0 Å². The Morgan fingerprint density at radius 2 is 2.00 bits per heavy atom. The Hall–Kier alpha value is 0.130. The minimum atomic E-state index is -1.41. The van der Waals surface area contributed by atoms with Crippen LogP contribution in [-0.4, -0.2) is 22.9 Å². The van der Waals surface area contributed by atoms with E-state index in [9.17, 15) is 9.35 Å².